The van der Waals surface area contributed by atoms with Gasteiger partial charge in [-0.05, 0) is 17.5 Å². The highest BCUT2D eigenvalue weighted by molar-refractivity contribution is 5.95. The van der Waals surface area contributed by atoms with Crippen molar-refractivity contribution in [2.75, 3.05) is 6.61 Å². The van der Waals surface area contributed by atoms with Gasteiger partial charge in [0.05, 0.1) is 19.0 Å². The zero-order valence-corrected chi connectivity index (χ0v) is 21.8. The van der Waals surface area contributed by atoms with E-state index in [2.05, 4.69) is 30.9 Å². The number of carbonyl (C=O) groups excluding carboxylic acids is 3. The van der Waals surface area contributed by atoms with Crippen LogP contribution in [0.15, 0.2) is 43.0 Å². The van der Waals surface area contributed by atoms with E-state index in [0.717, 1.165) is 16.5 Å². The molecule has 5 unspecified atom stereocenters. The Balaban J connectivity index is 1.83. The first kappa shape index (κ1) is 29.3. The molecule has 3 rings (SSSR count). The smallest absolute Gasteiger partial charge is 0.328 e. The molecule has 9 N–H and O–H groups in total. The second kappa shape index (κ2) is 13.5. The molecule has 0 radical (unpaired) electrons. The van der Waals surface area contributed by atoms with Crippen LogP contribution in [0.4, 0.5) is 0 Å². The van der Waals surface area contributed by atoms with E-state index in [-0.39, 0.29) is 18.8 Å². The fraction of sp³-hybridized carbons (Fsp3) is 0.423. The number of hydrogen-bond acceptors (Lipinski definition) is 7. The number of nitrogens with two attached hydrogens (primary N) is 1. The molecule has 3 aromatic rings. The normalized spacial score (nSPS) is 15.1. The molecule has 0 fully saturated rings. The third-order valence-electron chi connectivity index (χ3n) is 6.65. The maximum absolute atomic E-state index is 13.6. The van der Waals surface area contributed by atoms with Gasteiger partial charge in [0.1, 0.15) is 18.1 Å². The summed E-state index contributed by atoms with van der Waals surface area (Å²) in [6, 6.07) is 2.79. The minimum absolute atomic E-state index is 0.0988. The number of aliphatic hydroxyl groups excluding tert-OH is 1. The van der Waals surface area contributed by atoms with Gasteiger partial charge in [-0.15, -0.1) is 0 Å². The lowest BCUT2D eigenvalue weighted by molar-refractivity contribution is -0.143. The molecule has 3 amide bonds. The number of aromatic amines is 2. The van der Waals surface area contributed by atoms with Gasteiger partial charge in [-0.1, -0.05) is 38.5 Å². The molecular formula is C26H35N7O6. The topological polar surface area (TPSA) is 215 Å². The molecule has 0 saturated heterocycles. The van der Waals surface area contributed by atoms with Gasteiger partial charge in [0.15, 0.2) is 0 Å². The predicted octanol–water partition coefficient (Wildman–Crippen LogP) is -0.419. The fourth-order valence-electron chi connectivity index (χ4n) is 4.14. The number of aliphatic carboxylic acids is 1. The van der Waals surface area contributed by atoms with Crippen molar-refractivity contribution in [3.8, 4) is 0 Å². The van der Waals surface area contributed by atoms with Gasteiger partial charge in [-0.3, -0.25) is 14.4 Å². The molecule has 5 atom stereocenters. The second-order valence-corrected chi connectivity index (χ2v) is 9.47. The second-order valence-electron chi connectivity index (χ2n) is 9.47. The number of carboxylic acids is 1. The highest BCUT2D eigenvalue weighted by Crippen LogP contribution is 2.19. The first-order chi connectivity index (χ1) is 18.6. The van der Waals surface area contributed by atoms with Gasteiger partial charge in [-0.25, -0.2) is 9.78 Å². The highest BCUT2D eigenvalue weighted by Gasteiger charge is 2.33. The third-order valence-corrected chi connectivity index (χ3v) is 6.65. The SMILES string of the molecule is CCC(C)C(NC(=O)C(Cc1c[nH]c2ccccc12)NC(=O)C(N)Cc1cnc[nH]1)C(=O)NC(CO)C(=O)O. The molecule has 1 aromatic carbocycles. The van der Waals surface area contributed by atoms with E-state index in [1.165, 1.54) is 6.33 Å². The zero-order chi connectivity index (χ0) is 28.5. The zero-order valence-electron chi connectivity index (χ0n) is 21.8. The van der Waals surface area contributed by atoms with Crippen molar-refractivity contribution >= 4 is 34.6 Å². The van der Waals surface area contributed by atoms with E-state index < -0.39 is 54.5 Å². The maximum atomic E-state index is 13.6. The summed E-state index contributed by atoms with van der Waals surface area (Å²) in [4.78, 5) is 60.8. The quantitative estimate of drug-likeness (QED) is 0.134. The van der Waals surface area contributed by atoms with Crippen LogP contribution in [-0.2, 0) is 32.0 Å². The van der Waals surface area contributed by atoms with Crippen LogP contribution >= 0.6 is 0 Å². The summed E-state index contributed by atoms with van der Waals surface area (Å²) >= 11 is 0. The summed E-state index contributed by atoms with van der Waals surface area (Å²) in [7, 11) is 0. The van der Waals surface area contributed by atoms with Crippen LogP contribution in [0.25, 0.3) is 10.9 Å². The lowest BCUT2D eigenvalue weighted by Crippen LogP contribution is -2.59. The van der Waals surface area contributed by atoms with E-state index in [1.807, 2.05) is 31.2 Å². The van der Waals surface area contributed by atoms with Crippen molar-refractivity contribution in [1.82, 2.24) is 30.9 Å². The Morgan fingerprint density at radius 2 is 1.72 bits per heavy atom. The number of para-hydroxylation sites is 1. The lowest BCUT2D eigenvalue weighted by Gasteiger charge is -2.28. The molecule has 210 valence electrons. The average molecular weight is 542 g/mol. The molecule has 0 aliphatic carbocycles. The average Bonchev–Trinajstić information content (AvgIpc) is 3.59. The van der Waals surface area contributed by atoms with Gasteiger partial charge in [-0.2, -0.15) is 0 Å². The van der Waals surface area contributed by atoms with Crippen molar-refractivity contribution in [3.05, 3.63) is 54.2 Å². The van der Waals surface area contributed by atoms with Gasteiger partial charge < -0.3 is 41.9 Å². The molecule has 13 nitrogen and oxygen atoms in total. The Morgan fingerprint density at radius 3 is 2.36 bits per heavy atom. The van der Waals surface area contributed by atoms with Gasteiger partial charge >= 0.3 is 5.97 Å². The minimum Gasteiger partial charge on any atom is -0.480 e. The summed E-state index contributed by atoms with van der Waals surface area (Å²) in [5.74, 6) is -3.75. The standard InChI is InChI=1S/C26H35N7O6/c1-3-14(2)22(25(37)32-21(12-34)26(38)39)33-24(36)20(8-15-10-29-19-7-5-4-6-17(15)19)31-23(35)18(27)9-16-11-28-13-30-16/h4-7,10-11,13-14,18,20-22,29,34H,3,8-9,12,27H2,1-2H3,(H,28,30)(H,31,35)(H,32,37)(H,33,36)(H,38,39). The lowest BCUT2D eigenvalue weighted by atomic mass is 9.96. The number of fused-ring (bicyclic) bond motifs is 1. The van der Waals surface area contributed by atoms with Gasteiger partial charge in [0, 0.05) is 41.8 Å². The Kier molecular flexibility index (Phi) is 10.2. The number of carbonyl (C=O) groups is 4. The molecule has 0 spiro atoms. The maximum Gasteiger partial charge on any atom is 0.328 e. The van der Waals surface area contributed by atoms with E-state index in [0.29, 0.717) is 12.1 Å². The van der Waals surface area contributed by atoms with Gasteiger partial charge in [0.2, 0.25) is 17.7 Å². The Labute approximate surface area is 225 Å². The molecule has 2 aromatic heterocycles. The molecule has 2 heterocycles. The summed E-state index contributed by atoms with van der Waals surface area (Å²) in [5, 5.41) is 27.0. The van der Waals surface area contributed by atoms with Crippen LogP contribution in [0.3, 0.4) is 0 Å². The number of aromatic nitrogens is 3. The molecule has 13 heteroatoms. The van der Waals surface area contributed by atoms with E-state index in [4.69, 9.17) is 5.73 Å². The van der Waals surface area contributed by atoms with Crippen LogP contribution in [0.1, 0.15) is 31.5 Å². The monoisotopic (exact) mass is 541 g/mol. The van der Waals surface area contributed by atoms with E-state index in [9.17, 15) is 29.4 Å². The molecular weight excluding hydrogens is 506 g/mol. The highest BCUT2D eigenvalue weighted by atomic mass is 16.4. The first-order valence-corrected chi connectivity index (χ1v) is 12.7. The van der Waals surface area contributed by atoms with Crippen molar-refractivity contribution in [2.24, 2.45) is 11.7 Å². The number of hydrogen-bond donors (Lipinski definition) is 8. The summed E-state index contributed by atoms with van der Waals surface area (Å²) in [6.45, 7) is 2.74. The Hall–Kier alpha value is -4.23. The van der Waals surface area contributed by atoms with Crippen LogP contribution in [-0.4, -0.2) is 79.6 Å². The van der Waals surface area contributed by atoms with Crippen molar-refractivity contribution in [2.45, 2.75) is 57.3 Å². The number of nitrogens with one attached hydrogen (secondary N) is 5. The van der Waals surface area contributed by atoms with Crippen molar-refractivity contribution < 1.29 is 29.4 Å². The summed E-state index contributed by atoms with van der Waals surface area (Å²) in [5.41, 5.74) is 8.37. The number of aliphatic hydroxyl groups is 1. The number of benzene rings is 1. The largest absolute Gasteiger partial charge is 0.480 e. The van der Waals surface area contributed by atoms with E-state index in [1.54, 1.807) is 19.3 Å². The number of imidazole rings is 1. The fourth-order valence-corrected chi connectivity index (χ4v) is 4.14. The number of carboxylic acid groups (broad SMARTS) is 1. The number of nitrogens with zero attached hydrogens (tertiary/aromatic N) is 1. The van der Waals surface area contributed by atoms with Crippen LogP contribution < -0.4 is 21.7 Å². The molecule has 0 aliphatic rings. The number of rotatable bonds is 14. The molecule has 0 bridgehead atoms. The number of amides is 3. The predicted molar refractivity (Wildman–Crippen MR) is 142 cm³/mol. The third kappa shape index (κ3) is 7.65. The van der Waals surface area contributed by atoms with Crippen molar-refractivity contribution in [1.29, 1.82) is 0 Å². The summed E-state index contributed by atoms with van der Waals surface area (Å²) < 4.78 is 0. The van der Waals surface area contributed by atoms with Crippen LogP contribution in [0.5, 0.6) is 0 Å². The van der Waals surface area contributed by atoms with E-state index >= 15 is 0 Å². The molecule has 0 saturated carbocycles. The first-order valence-electron chi connectivity index (χ1n) is 12.7. The number of H-pyrrole nitrogens is 2. The molecule has 39 heavy (non-hydrogen) atoms. The molecule has 0 aliphatic heterocycles. The Bertz CT molecular complexity index is 1270. The van der Waals surface area contributed by atoms with Crippen LogP contribution in [0, 0.1) is 5.92 Å². The van der Waals surface area contributed by atoms with Crippen molar-refractivity contribution in [3.63, 3.8) is 0 Å². The Morgan fingerprint density at radius 1 is 1.00 bits per heavy atom. The summed E-state index contributed by atoms with van der Waals surface area (Å²) in [6.07, 6.45) is 5.53. The van der Waals surface area contributed by atoms with Crippen LogP contribution in [0.2, 0.25) is 0 Å². The van der Waals surface area contributed by atoms with Gasteiger partial charge in [0.25, 0.3) is 0 Å². The minimum atomic E-state index is -1.52.